The average molecular weight is 266 g/mol. The average Bonchev–Trinajstić information content (AvgIpc) is 2.31. The molecule has 18 heavy (non-hydrogen) atoms. The second-order valence-electron chi connectivity index (χ2n) is 3.44. The molecule has 0 saturated heterocycles. The SMILES string of the molecule is O=P(O)(O)Oc1ccccc1Oc1ccccc1. The van der Waals surface area contributed by atoms with E-state index in [0.29, 0.717) is 5.75 Å². The summed E-state index contributed by atoms with van der Waals surface area (Å²) in [5.41, 5.74) is 0. The van der Waals surface area contributed by atoms with E-state index >= 15 is 0 Å². The van der Waals surface area contributed by atoms with Crippen molar-refractivity contribution in [2.24, 2.45) is 0 Å². The molecule has 0 amide bonds. The number of rotatable bonds is 4. The van der Waals surface area contributed by atoms with Crippen molar-refractivity contribution < 1.29 is 23.6 Å². The van der Waals surface area contributed by atoms with Crippen LogP contribution in [0, 0.1) is 0 Å². The Kier molecular flexibility index (Phi) is 3.67. The lowest BCUT2D eigenvalue weighted by Crippen LogP contribution is -1.93. The van der Waals surface area contributed by atoms with Gasteiger partial charge in [0.15, 0.2) is 11.5 Å². The number of hydrogen-bond donors (Lipinski definition) is 2. The summed E-state index contributed by atoms with van der Waals surface area (Å²) in [6, 6.07) is 15.2. The Labute approximate surface area is 104 Å². The van der Waals surface area contributed by atoms with Crippen LogP contribution >= 0.6 is 7.82 Å². The third-order valence-electron chi connectivity index (χ3n) is 2.04. The minimum absolute atomic E-state index is 0.00492. The van der Waals surface area contributed by atoms with E-state index in [0.717, 1.165) is 0 Å². The first kappa shape index (κ1) is 12.6. The summed E-state index contributed by atoms with van der Waals surface area (Å²) in [4.78, 5) is 17.6. The highest BCUT2D eigenvalue weighted by atomic mass is 31.2. The summed E-state index contributed by atoms with van der Waals surface area (Å²) in [6.45, 7) is 0. The highest BCUT2D eigenvalue weighted by molar-refractivity contribution is 7.46. The number of ether oxygens (including phenoxy) is 1. The van der Waals surface area contributed by atoms with Crippen LogP contribution in [0.2, 0.25) is 0 Å². The lowest BCUT2D eigenvalue weighted by Gasteiger charge is -2.12. The molecule has 0 saturated carbocycles. The molecular weight excluding hydrogens is 255 g/mol. The van der Waals surface area contributed by atoms with Crippen LogP contribution in [0.25, 0.3) is 0 Å². The number of benzene rings is 2. The molecule has 2 rings (SSSR count). The van der Waals surface area contributed by atoms with E-state index in [9.17, 15) is 4.57 Å². The Hall–Kier alpha value is -1.81. The zero-order valence-electron chi connectivity index (χ0n) is 9.26. The maximum Gasteiger partial charge on any atom is 0.524 e. The van der Waals surface area contributed by atoms with Gasteiger partial charge in [-0.2, -0.15) is 0 Å². The minimum atomic E-state index is -4.60. The van der Waals surface area contributed by atoms with E-state index in [1.165, 1.54) is 6.07 Å². The summed E-state index contributed by atoms with van der Waals surface area (Å²) >= 11 is 0. The smallest absolute Gasteiger partial charge is 0.453 e. The highest BCUT2D eigenvalue weighted by Crippen LogP contribution is 2.42. The number of phosphoric ester groups is 1. The molecule has 0 unspecified atom stereocenters. The minimum Gasteiger partial charge on any atom is -0.453 e. The Bertz CT molecular complexity index is 564. The molecule has 5 nitrogen and oxygen atoms in total. The van der Waals surface area contributed by atoms with Crippen LogP contribution in [0.3, 0.4) is 0 Å². The van der Waals surface area contributed by atoms with Gasteiger partial charge in [-0.05, 0) is 24.3 Å². The van der Waals surface area contributed by atoms with Crippen LogP contribution in [0.4, 0.5) is 0 Å². The maximum absolute atomic E-state index is 10.8. The predicted octanol–water partition coefficient (Wildman–Crippen LogP) is 2.95. The molecule has 0 radical (unpaired) electrons. The van der Waals surface area contributed by atoms with Gasteiger partial charge in [0.05, 0.1) is 0 Å². The summed E-state index contributed by atoms with van der Waals surface area (Å²) in [5, 5.41) is 0. The first-order valence-electron chi connectivity index (χ1n) is 5.12. The van der Waals surface area contributed by atoms with Crippen LogP contribution < -0.4 is 9.26 Å². The van der Waals surface area contributed by atoms with Crippen molar-refractivity contribution in [3.05, 3.63) is 54.6 Å². The summed E-state index contributed by atoms with van der Waals surface area (Å²) in [6.07, 6.45) is 0. The second-order valence-corrected chi connectivity index (χ2v) is 4.61. The van der Waals surface area contributed by atoms with Gasteiger partial charge >= 0.3 is 7.82 Å². The molecule has 2 aromatic carbocycles. The van der Waals surface area contributed by atoms with Crippen molar-refractivity contribution in [2.75, 3.05) is 0 Å². The number of para-hydroxylation sites is 3. The molecular formula is C12H11O5P. The van der Waals surface area contributed by atoms with Gasteiger partial charge in [0, 0.05) is 0 Å². The topological polar surface area (TPSA) is 76.0 Å². The Morgan fingerprint density at radius 3 is 2.00 bits per heavy atom. The van der Waals surface area contributed by atoms with E-state index in [1.54, 1.807) is 42.5 Å². The van der Waals surface area contributed by atoms with Crippen molar-refractivity contribution >= 4 is 7.82 Å². The lowest BCUT2D eigenvalue weighted by atomic mass is 10.3. The molecule has 6 heteroatoms. The van der Waals surface area contributed by atoms with Gasteiger partial charge in [-0.1, -0.05) is 30.3 Å². The van der Waals surface area contributed by atoms with E-state index in [-0.39, 0.29) is 11.5 Å². The molecule has 0 aromatic heterocycles. The third-order valence-corrected chi connectivity index (χ3v) is 2.47. The molecule has 2 aromatic rings. The van der Waals surface area contributed by atoms with Crippen LogP contribution in [-0.4, -0.2) is 9.79 Å². The molecule has 0 atom stereocenters. The van der Waals surface area contributed by atoms with Gasteiger partial charge in [0.25, 0.3) is 0 Å². The van der Waals surface area contributed by atoms with E-state index in [2.05, 4.69) is 4.52 Å². The Morgan fingerprint density at radius 2 is 1.39 bits per heavy atom. The first-order chi connectivity index (χ1) is 8.54. The molecule has 0 fully saturated rings. The van der Waals surface area contributed by atoms with Gasteiger partial charge in [-0.3, -0.25) is 9.79 Å². The fourth-order valence-corrected chi connectivity index (χ4v) is 1.76. The van der Waals surface area contributed by atoms with Gasteiger partial charge < -0.3 is 9.26 Å². The van der Waals surface area contributed by atoms with Gasteiger partial charge in [0.1, 0.15) is 5.75 Å². The van der Waals surface area contributed by atoms with Crippen LogP contribution in [-0.2, 0) is 4.57 Å². The zero-order chi connectivity index (χ0) is 13.0. The fourth-order valence-electron chi connectivity index (χ4n) is 1.35. The molecule has 0 spiro atoms. The molecule has 0 aliphatic heterocycles. The van der Waals surface area contributed by atoms with Crippen LogP contribution in [0.15, 0.2) is 54.6 Å². The van der Waals surface area contributed by atoms with Crippen LogP contribution in [0.5, 0.6) is 17.2 Å². The first-order valence-corrected chi connectivity index (χ1v) is 6.65. The Balaban J connectivity index is 2.25. The van der Waals surface area contributed by atoms with E-state index in [1.807, 2.05) is 6.07 Å². The zero-order valence-corrected chi connectivity index (χ0v) is 10.2. The third kappa shape index (κ3) is 3.60. The largest absolute Gasteiger partial charge is 0.524 e. The van der Waals surface area contributed by atoms with Crippen LogP contribution in [0.1, 0.15) is 0 Å². The summed E-state index contributed by atoms with van der Waals surface area (Å²) < 4.78 is 20.9. The molecule has 0 heterocycles. The van der Waals surface area contributed by atoms with Crippen molar-refractivity contribution in [1.82, 2.24) is 0 Å². The van der Waals surface area contributed by atoms with Gasteiger partial charge in [0.2, 0.25) is 0 Å². The summed E-state index contributed by atoms with van der Waals surface area (Å²) in [7, 11) is -4.60. The van der Waals surface area contributed by atoms with Gasteiger partial charge in [-0.15, -0.1) is 0 Å². The maximum atomic E-state index is 10.8. The number of hydrogen-bond acceptors (Lipinski definition) is 3. The quantitative estimate of drug-likeness (QED) is 0.832. The molecule has 0 bridgehead atoms. The van der Waals surface area contributed by atoms with Crippen molar-refractivity contribution in [3.8, 4) is 17.2 Å². The standard InChI is InChI=1S/C12H11O5P/c13-18(14,15)17-12-9-5-4-8-11(12)16-10-6-2-1-3-7-10/h1-9H,(H2,13,14,15). The van der Waals surface area contributed by atoms with Crippen molar-refractivity contribution in [2.45, 2.75) is 0 Å². The monoisotopic (exact) mass is 266 g/mol. The second kappa shape index (κ2) is 5.23. The van der Waals surface area contributed by atoms with Crippen molar-refractivity contribution in [3.63, 3.8) is 0 Å². The predicted molar refractivity (Wildman–Crippen MR) is 65.6 cm³/mol. The van der Waals surface area contributed by atoms with E-state index in [4.69, 9.17) is 14.5 Å². The fraction of sp³-hybridized carbons (Fsp3) is 0. The van der Waals surface area contributed by atoms with E-state index < -0.39 is 7.82 Å². The molecule has 0 aliphatic rings. The number of phosphoric acid groups is 1. The molecule has 2 N–H and O–H groups in total. The summed E-state index contributed by atoms with van der Waals surface area (Å²) in [5.74, 6) is 0.793. The van der Waals surface area contributed by atoms with Crippen molar-refractivity contribution in [1.29, 1.82) is 0 Å². The highest BCUT2D eigenvalue weighted by Gasteiger charge is 2.18. The van der Waals surface area contributed by atoms with Gasteiger partial charge in [-0.25, -0.2) is 4.57 Å². The normalized spacial score (nSPS) is 11.0. The Morgan fingerprint density at radius 1 is 0.833 bits per heavy atom. The lowest BCUT2D eigenvalue weighted by molar-refractivity contribution is 0.278. The molecule has 0 aliphatic carbocycles. The molecule has 94 valence electrons.